The molecule has 1 unspecified atom stereocenters. The van der Waals surface area contributed by atoms with E-state index in [-0.39, 0.29) is 11.9 Å². The minimum absolute atomic E-state index is 0.170. The summed E-state index contributed by atoms with van der Waals surface area (Å²) in [6.45, 7) is 4.02. The lowest BCUT2D eigenvalue weighted by atomic mass is 10.0. The molecule has 1 atom stereocenters. The molecule has 2 rings (SSSR count). The van der Waals surface area contributed by atoms with Crippen molar-refractivity contribution in [1.29, 1.82) is 0 Å². The van der Waals surface area contributed by atoms with Crippen LogP contribution in [0.5, 0.6) is 0 Å². The summed E-state index contributed by atoms with van der Waals surface area (Å²) < 4.78 is 16.4. The summed E-state index contributed by atoms with van der Waals surface area (Å²) >= 11 is 3.42. The van der Waals surface area contributed by atoms with Crippen LogP contribution in [0.3, 0.4) is 0 Å². The van der Waals surface area contributed by atoms with Crippen LogP contribution >= 0.6 is 15.9 Å². The molecule has 1 aromatic carbocycles. The highest BCUT2D eigenvalue weighted by Gasteiger charge is 2.21. The van der Waals surface area contributed by atoms with Crippen molar-refractivity contribution in [3.63, 3.8) is 0 Å². The molecule has 0 aliphatic rings. The molecule has 0 aliphatic heterocycles. The van der Waals surface area contributed by atoms with Crippen LogP contribution in [0.25, 0.3) is 0 Å². The van der Waals surface area contributed by atoms with Gasteiger partial charge < -0.3 is 5.73 Å². The maximum Gasteiger partial charge on any atom is 0.128 e. The molecule has 3 nitrogen and oxygen atoms in total. The summed E-state index contributed by atoms with van der Waals surface area (Å²) in [6.07, 6.45) is 1.69. The second kappa shape index (κ2) is 5.20. The number of halogens is 2. The van der Waals surface area contributed by atoms with Gasteiger partial charge in [0.15, 0.2) is 0 Å². The molecule has 0 fully saturated rings. The van der Waals surface area contributed by atoms with Gasteiger partial charge in [0.05, 0.1) is 22.4 Å². The maximum atomic E-state index is 13.8. The third-order valence-electron chi connectivity index (χ3n) is 2.81. The van der Waals surface area contributed by atoms with Crippen LogP contribution in [-0.2, 0) is 0 Å². The van der Waals surface area contributed by atoms with E-state index in [1.54, 1.807) is 29.1 Å². The molecule has 0 spiro atoms. The molecule has 0 aliphatic carbocycles. The van der Waals surface area contributed by atoms with Gasteiger partial charge in [0.1, 0.15) is 5.82 Å². The molecule has 5 heteroatoms. The van der Waals surface area contributed by atoms with Crippen LogP contribution in [0, 0.1) is 5.82 Å². The monoisotopic (exact) mass is 311 g/mol. The first-order chi connectivity index (χ1) is 8.52. The van der Waals surface area contributed by atoms with Crippen molar-refractivity contribution in [2.75, 3.05) is 0 Å². The van der Waals surface area contributed by atoms with Crippen molar-refractivity contribution in [2.24, 2.45) is 5.73 Å². The summed E-state index contributed by atoms with van der Waals surface area (Å²) in [7, 11) is 0. The normalized spacial score (nSPS) is 13.0. The van der Waals surface area contributed by atoms with E-state index in [9.17, 15) is 4.39 Å². The van der Waals surface area contributed by atoms with Crippen LogP contribution < -0.4 is 5.73 Å². The second-order valence-electron chi connectivity index (χ2n) is 4.42. The van der Waals surface area contributed by atoms with Crippen molar-refractivity contribution >= 4 is 15.9 Å². The van der Waals surface area contributed by atoms with Crippen molar-refractivity contribution in [1.82, 2.24) is 9.78 Å². The van der Waals surface area contributed by atoms with E-state index in [2.05, 4.69) is 21.0 Å². The molecule has 1 heterocycles. The molecular formula is C13H15BrFN3. The summed E-state index contributed by atoms with van der Waals surface area (Å²) in [4.78, 5) is 0. The Bertz CT molecular complexity index is 551. The average Bonchev–Trinajstić information content (AvgIpc) is 2.71. The molecular weight excluding hydrogens is 297 g/mol. The lowest BCUT2D eigenvalue weighted by Gasteiger charge is -2.18. The summed E-state index contributed by atoms with van der Waals surface area (Å²) in [5, 5.41) is 4.26. The fraction of sp³-hybridized carbons (Fsp3) is 0.308. The maximum absolute atomic E-state index is 13.8. The first-order valence-electron chi connectivity index (χ1n) is 5.75. The number of aromatic nitrogens is 2. The molecule has 18 heavy (non-hydrogen) atoms. The van der Waals surface area contributed by atoms with E-state index in [1.807, 2.05) is 13.8 Å². The Morgan fingerprint density at radius 1 is 1.33 bits per heavy atom. The van der Waals surface area contributed by atoms with Gasteiger partial charge in [0, 0.05) is 11.6 Å². The highest BCUT2D eigenvalue weighted by molar-refractivity contribution is 9.10. The summed E-state index contributed by atoms with van der Waals surface area (Å²) in [6, 6.07) is 6.18. The van der Waals surface area contributed by atoms with Gasteiger partial charge in [0.2, 0.25) is 0 Å². The van der Waals surface area contributed by atoms with Gasteiger partial charge in [-0.3, -0.25) is 4.68 Å². The Morgan fingerprint density at radius 3 is 2.61 bits per heavy atom. The average molecular weight is 312 g/mol. The zero-order valence-electron chi connectivity index (χ0n) is 10.3. The Morgan fingerprint density at radius 2 is 2.00 bits per heavy atom. The highest BCUT2D eigenvalue weighted by Crippen LogP contribution is 2.29. The minimum atomic E-state index is -0.537. The van der Waals surface area contributed by atoms with Gasteiger partial charge in [-0.2, -0.15) is 5.10 Å². The number of rotatable bonds is 3. The molecule has 2 N–H and O–H groups in total. The Hall–Kier alpha value is -1.20. The quantitative estimate of drug-likeness (QED) is 0.944. The predicted molar refractivity (Wildman–Crippen MR) is 72.7 cm³/mol. The Labute approximate surface area is 114 Å². The second-order valence-corrected chi connectivity index (χ2v) is 5.27. The molecule has 1 aromatic heterocycles. The largest absolute Gasteiger partial charge is 0.319 e. The molecule has 0 amide bonds. The fourth-order valence-corrected chi connectivity index (χ4v) is 2.45. The van der Waals surface area contributed by atoms with E-state index in [4.69, 9.17) is 5.73 Å². The number of hydrogen-bond donors (Lipinski definition) is 1. The van der Waals surface area contributed by atoms with Crippen LogP contribution in [0.15, 0.2) is 34.9 Å². The van der Waals surface area contributed by atoms with Gasteiger partial charge >= 0.3 is 0 Å². The SMILES string of the molecule is CC(C)n1ncc(Br)c1C(N)c1ccccc1F. The minimum Gasteiger partial charge on any atom is -0.319 e. The van der Waals surface area contributed by atoms with Crippen molar-refractivity contribution < 1.29 is 4.39 Å². The molecule has 2 aromatic rings. The first kappa shape index (κ1) is 13.2. The zero-order valence-corrected chi connectivity index (χ0v) is 11.9. The lowest BCUT2D eigenvalue weighted by Crippen LogP contribution is -2.20. The fourth-order valence-electron chi connectivity index (χ4n) is 1.93. The van der Waals surface area contributed by atoms with Gasteiger partial charge in [-0.1, -0.05) is 18.2 Å². The topological polar surface area (TPSA) is 43.8 Å². The van der Waals surface area contributed by atoms with Crippen LogP contribution in [-0.4, -0.2) is 9.78 Å². The van der Waals surface area contributed by atoms with Gasteiger partial charge in [-0.25, -0.2) is 4.39 Å². The third kappa shape index (κ3) is 2.33. The molecule has 0 saturated heterocycles. The van der Waals surface area contributed by atoms with Crippen molar-refractivity contribution in [3.05, 3.63) is 52.0 Å². The molecule has 0 radical (unpaired) electrons. The predicted octanol–water partition coefficient (Wildman–Crippen LogP) is 3.41. The van der Waals surface area contributed by atoms with Crippen molar-refractivity contribution in [2.45, 2.75) is 25.9 Å². The summed E-state index contributed by atoms with van der Waals surface area (Å²) in [5.74, 6) is -0.298. The highest BCUT2D eigenvalue weighted by atomic mass is 79.9. The number of nitrogens with zero attached hydrogens (tertiary/aromatic N) is 2. The van der Waals surface area contributed by atoms with E-state index < -0.39 is 6.04 Å². The van der Waals surface area contributed by atoms with Crippen LogP contribution in [0.1, 0.15) is 37.2 Å². The van der Waals surface area contributed by atoms with Crippen molar-refractivity contribution in [3.8, 4) is 0 Å². The lowest BCUT2D eigenvalue weighted by molar-refractivity contribution is 0.493. The zero-order chi connectivity index (χ0) is 13.3. The van der Waals surface area contributed by atoms with E-state index in [1.165, 1.54) is 6.07 Å². The number of hydrogen-bond acceptors (Lipinski definition) is 2. The van der Waals surface area contributed by atoms with Crippen LogP contribution in [0.4, 0.5) is 4.39 Å². The van der Waals surface area contributed by atoms with E-state index in [0.29, 0.717) is 5.56 Å². The smallest absolute Gasteiger partial charge is 0.128 e. The van der Waals surface area contributed by atoms with Crippen LogP contribution in [0.2, 0.25) is 0 Å². The molecule has 0 bridgehead atoms. The standard InChI is InChI=1S/C13H15BrFN3/c1-8(2)18-13(10(14)7-17-18)12(16)9-5-3-4-6-11(9)15/h3-8,12H,16H2,1-2H3. The van der Waals surface area contributed by atoms with Gasteiger partial charge in [-0.05, 0) is 35.8 Å². The summed E-state index contributed by atoms with van der Waals surface area (Å²) in [5.41, 5.74) is 7.43. The van der Waals surface area contributed by atoms with Gasteiger partial charge in [-0.15, -0.1) is 0 Å². The molecule has 0 saturated carbocycles. The Balaban J connectivity index is 2.49. The van der Waals surface area contributed by atoms with E-state index in [0.717, 1.165) is 10.2 Å². The number of benzene rings is 1. The molecule has 96 valence electrons. The number of nitrogens with two attached hydrogens (primary N) is 1. The third-order valence-corrected chi connectivity index (χ3v) is 3.42. The van der Waals surface area contributed by atoms with Gasteiger partial charge in [0.25, 0.3) is 0 Å². The first-order valence-corrected chi connectivity index (χ1v) is 6.54. The van der Waals surface area contributed by atoms with E-state index >= 15 is 0 Å². The Kier molecular flexibility index (Phi) is 3.82.